The highest BCUT2D eigenvalue weighted by Gasteiger charge is 2.10. The average molecular weight is 394 g/mol. The third-order valence-electron chi connectivity index (χ3n) is 3.74. The van der Waals surface area contributed by atoms with Gasteiger partial charge in [-0.2, -0.15) is 5.26 Å². The van der Waals surface area contributed by atoms with Gasteiger partial charge in [0.15, 0.2) is 5.57 Å². The summed E-state index contributed by atoms with van der Waals surface area (Å²) in [5, 5.41) is 16.7. The summed E-state index contributed by atoms with van der Waals surface area (Å²) in [6.07, 6.45) is 2.79. The number of anilines is 3. The lowest BCUT2D eigenvalue weighted by Crippen LogP contribution is -2.07. The number of benzene rings is 2. The number of aromatic nitrogens is 2. The van der Waals surface area contributed by atoms with Crippen LogP contribution in [-0.4, -0.2) is 22.5 Å². The molecule has 7 nitrogen and oxygen atoms in total. The second kappa shape index (κ2) is 8.84. The van der Waals surface area contributed by atoms with Gasteiger partial charge < -0.3 is 15.4 Å². The summed E-state index contributed by atoms with van der Waals surface area (Å²) in [6.45, 7) is 1.88. The van der Waals surface area contributed by atoms with Crippen LogP contribution in [0.1, 0.15) is 6.92 Å². The van der Waals surface area contributed by atoms with Crippen molar-refractivity contribution in [2.24, 2.45) is 0 Å². The smallest absolute Gasteiger partial charge is 0.350 e. The monoisotopic (exact) mass is 393 g/mol. The number of rotatable bonds is 6. The molecule has 0 spiro atoms. The van der Waals surface area contributed by atoms with Gasteiger partial charge in [-0.15, -0.1) is 0 Å². The molecule has 0 aliphatic heterocycles. The molecule has 0 bridgehead atoms. The summed E-state index contributed by atoms with van der Waals surface area (Å²) in [4.78, 5) is 20.3. The van der Waals surface area contributed by atoms with E-state index >= 15 is 0 Å². The standard InChI is InChI=1S/C20H16ClN5O2/c1-2-28-20(27)13(10-22)11-23-16-7-8-18-17(9-16)19(25-12-24-18)26-15-5-3-14(21)4-6-15/h3-9,11-12,23H,2H2,1H3,(H,24,25,26)/b13-11-. The van der Waals surface area contributed by atoms with Crippen molar-refractivity contribution in [1.29, 1.82) is 5.26 Å². The molecule has 1 heterocycles. The highest BCUT2D eigenvalue weighted by Crippen LogP contribution is 2.26. The van der Waals surface area contributed by atoms with E-state index in [1.807, 2.05) is 30.3 Å². The lowest BCUT2D eigenvalue weighted by molar-refractivity contribution is -0.138. The van der Waals surface area contributed by atoms with Gasteiger partial charge in [0.05, 0.1) is 12.1 Å². The van der Waals surface area contributed by atoms with Crippen LogP contribution in [0.15, 0.2) is 60.6 Å². The van der Waals surface area contributed by atoms with Gasteiger partial charge in [0.2, 0.25) is 0 Å². The van der Waals surface area contributed by atoms with E-state index in [-0.39, 0.29) is 12.2 Å². The number of ether oxygens (including phenoxy) is 1. The quantitative estimate of drug-likeness (QED) is 0.363. The molecule has 0 saturated heterocycles. The van der Waals surface area contributed by atoms with Crippen molar-refractivity contribution in [1.82, 2.24) is 9.97 Å². The molecule has 0 unspecified atom stereocenters. The topological polar surface area (TPSA) is 99.9 Å². The van der Waals surface area contributed by atoms with Crippen LogP contribution < -0.4 is 10.6 Å². The molecular weight excluding hydrogens is 378 g/mol. The number of carbonyl (C=O) groups is 1. The molecule has 2 aromatic carbocycles. The number of nitrogens with one attached hydrogen (secondary N) is 2. The molecule has 140 valence electrons. The minimum Gasteiger partial charge on any atom is -0.462 e. The van der Waals surface area contributed by atoms with E-state index in [9.17, 15) is 4.79 Å². The van der Waals surface area contributed by atoms with Crippen molar-refractivity contribution in [2.75, 3.05) is 17.2 Å². The number of nitrogens with zero attached hydrogens (tertiary/aromatic N) is 3. The summed E-state index contributed by atoms with van der Waals surface area (Å²) in [5.74, 6) is -0.0578. The number of halogens is 1. The number of hydrogen-bond donors (Lipinski definition) is 2. The maximum Gasteiger partial charge on any atom is 0.350 e. The molecular formula is C20H16ClN5O2. The summed E-state index contributed by atoms with van der Waals surface area (Å²) in [6, 6.07) is 14.5. The normalized spacial score (nSPS) is 11.0. The van der Waals surface area contributed by atoms with E-state index in [2.05, 4.69) is 20.6 Å². The molecule has 0 fully saturated rings. The van der Waals surface area contributed by atoms with Crippen LogP contribution in [0.3, 0.4) is 0 Å². The fourth-order valence-electron chi connectivity index (χ4n) is 2.42. The number of fused-ring (bicyclic) bond motifs is 1. The third-order valence-corrected chi connectivity index (χ3v) is 3.99. The minimum atomic E-state index is -0.674. The van der Waals surface area contributed by atoms with Gasteiger partial charge in [0, 0.05) is 28.0 Å². The largest absolute Gasteiger partial charge is 0.462 e. The molecule has 3 aromatic rings. The first kappa shape index (κ1) is 19.1. The van der Waals surface area contributed by atoms with Crippen LogP contribution in [0.25, 0.3) is 10.9 Å². The average Bonchev–Trinajstić information content (AvgIpc) is 2.71. The van der Waals surface area contributed by atoms with E-state index in [1.165, 1.54) is 12.5 Å². The Labute approximate surface area is 166 Å². The van der Waals surface area contributed by atoms with Crippen LogP contribution in [0.4, 0.5) is 17.2 Å². The first-order chi connectivity index (χ1) is 13.6. The highest BCUT2D eigenvalue weighted by atomic mass is 35.5. The predicted octanol–water partition coefficient (Wildman–Crippen LogP) is 4.41. The number of nitriles is 1. The predicted molar refractivity (Wildman–Crippen MR) is 108 cm³/mol. The van der Waals surface area contributed by atoms with Crippen LogP contribution in [-0.2, 0) is 9.53 Å². The molecule has 28 heavy (non-hydrogen) atoms. The summed E-state index contributed by atoms with van der Waals surface area (Å²) >= 11 is 5.92. The molecule has 0 atom stereocenters. The van der Waals surface area contributed by atoms with Gasteiger partial charge in [0.1, 0.15) is 18.2 Å². The zero-order valence-corrected chi connectivity index (χ0v) is 15.7. The first-order valence-electron chi connectivity index (χ1n) is 8.42. The van der Waals surface area contributed by atoms with Crippen molar-refractivity contribution < 1.29 is 9.53 Å². The molecule has 0 aliphatic rings. The Balaban J connectivity index is 1.89. The van der Waals surface area contributed by atoms with E-state index < -0.39 is 5.97 Å². The van der Waals surface area contributed by atoms with E-state index in [0.717, 1.165) is 16.6 Å². The van der Waals surface area contributed by atoms with Gasteiger partial charge in [-0.25, -0.2) is 14.8 Å². The van der Waals surface area contributed by atoms with Crippen molar-refractivity contribution in [3.05, 3.63) is 65.6 Å². The van der Waals surface area contributed by atoms with E-state index in [1.54, 1.807) is 25.1 Å². The Morgan fingerprint density at radius 2 is 1.96 bits per heavy atom. The molecule has 0 aliphatic carbocycles. The second-order valence-electron chi connectivity index (χ2n) is 5.62. The van der Waals surface area contributed by atoms with Gasteiger partial charge >= 0.3 is 5.97 Å². The maximum atomic E-state index is 11.7. The number of hydrogen-bond acceptors (Lipinski definition) is 7. The Bertz CT molecular complexity index is 1070. The minimum absolute atomic E-state index is 0.120. The fraction of sp³-hybridized carbons (Fsp3) is 0.100. The van der Waals surface area contributed by atoms with Gasteiger partial charge in [-0.1, -0.05) is 11.6 Å². The lowest BCUT2D eigenvalue weighted by Gasteiger charge is -2.10. The number of carbonyl (C=O) groups excluding carboxylic acids is 1. The van der Waals surface area contributed by atoms with Crippen LogP contribution in [0.2, 0.25) is 5.02 Å². The molecule has 8 heteroatoms. The fourth-order valence-corrected chi connectivity index (χ4v) is 2.54. The SMILES string of the molecule is CCOC(=O)/C(C#N)=C\Nc1ccc2ncnc(Nc3ccc(Cl)cc3)c2c1. The molecule has 0 amide bonds. The molecule has 2 N–H and O–H groups in total. The third kappa shape index (κ3) is 4.55. The Morgan fingerprint density at radius 1 is 1.21 bits per heavy atom. The Hall–Kier alpha value is -3.63. The molecule has 0 radical (unpaired) electrons. The summed E-state index contributed by atoms with van der Waals surface area (Å²) < 4.78 is 4.84. The van der Waals surface area contributed by atoms with Crippen molar-refractivity contribution in [2.45, 2.75) is 6.92 Å². The van der Waals surface area contributed by atoms with Crippen LogP contribution in [0, 0.1) is 11.3 Å². The molecule has 1 aromatic heterocycles. The van der Waals surface area contributed by atoms with Crippen molar-refractivity contribution >= 4 is 45.7 Å². The number of esters is 1. The van der Waals surface area contributed by atoms with Crippen molar-refractivity contribution in [3.8, 4) is 6.07 Å². The maximum absolute atomic E-state index is 11.7. The zero-order valence-electron chi connectivity index (χ0n) is 14.9. The first-order valence-corrected chi connectivity index (χ1v) is 8.79. The van der Waals surface area contributed by atoms with Crippen molar-refractivity contribution in [3.63, 3.8) is 0 Å². The Morgan fingerprint density at radius 3 is 2.68 bits per heavy atom. The van der Waals surface area contributed by atoms with E-state index in [0.29, 0.717) is 16.5 Å². The van der Waals surface area contributed by atoms with Gasteiger partial charge in [-0.05, 0) is 49.4 Å². The molecule has 3 rings (SSSR count). The molecule has 0 saturated carbocycles. The van der Waals surface area contributed by atoms with E-state index in [4.69, 9.17) is 21.6 Å². The Kier molecular flexibility index (Phi) is 6.04. The zero-order chi connectivity index (χ0) is 19.9. The summed E-state index contributed by atoms with van der Waals surface area (Å²) in [7, 11) is 0. The second-order valence-corrected chi connectivity index (χ2v) is 6.06. The van der Waals surface area contributed by atoms with Crippen LogP contribution in [0.5, 0.6) is 0 Å². The summed E-state index contributed by atoms with van der Waals surface area (Å²) in [5.41, 5.74) is 2.12. The van der Waals surface area contributed by atoms with Gasteiger partial charge in [-0.3, -0.25) is 0 Å². The van der Waals surface area contributed by atoms with Crippen LogP contribution >= 0.6 is 11.6 Å². The lowest BCUT2D eigenvalue weighted by atomic mass is 10.2. The van der Waals surface area contributed by atoms with Gasteiger partial charge in [0.25, 0.3) is 0 Å². The highest BCUT2D eigenvalue weighted by molar-refractivity contribution is 6.30.